The van der Waals surface area contributed by atoms with E-state index in [9.17, 15) is 9.59 Å². The van der Waals surface area contributed by atoms with Gasteiger partial charge in [-0.05, 0) is 43.5 Å². The summed E-state index contributed by atoms with van der Waals surface area (Å²) in [7, 11) is 0. The van der Waals surface area contributed by atoms with E-state index in [4.69, 9.17) is 5.11 Å². The summed E-state index contributed by atoms with van der Waals surface area (Å²) in [5, 5.41) is 11.8. The molecule has 0 unspecified atom stereocenters. The second kappa shape index (κ2) is 6.00. The largest absolute Gasteiger partial charge is 0.478 e. The average Bonchev–Trinajstić information content (AvgIpc) is 2.30. The van der Waals surface area contributed by atoms with Gasteiger partial charge in [-0.3, -0.25) is 4.79 Å². The normalized spacial score (nSPS) is 9.89. The van der Waals surface area contributed by atoms with Gasteiger partial charge in [-0.25, -0.2) is 4.79 Å². The minimum atomic E-state index is -0.988. The molecule has 0 aliphatic rings. The smallest absolute Gasteiger partial charge is 0.336 e. The fourth-order valence-electron chi connectivity index (χ4n) is 1.61. The molecule has 1 aromatic carbocycles. The Morgan fingerprint density at radius 2 is 2.06 bits per heavy atom. The Morgan fingerprint density at radius 1 is 1.39 bits per heavy atom. The number of carbonyl (C=O) groups excluding carboxylic acids is 1. The number of carbonyl (C=O) groups is 2. The lowest BCUT2D eigenvalue weighted by molar-refractivity contribution is -0.116. The number of aromatic carboxylic acids is 1. The van der Waals surface area contributed by atoms with E-state index in [2.05, 4.69) is 11.9 Å². The van der Waals surface area contributed by atoms with Gasteiger partial charge in [-0.1, -0.05) is 6.08 Å². The van der Waals surface area contributed by atoms with Crippen LogP contribution in [0.25, 0.3) is 0 Å². The molecule has 1 amide bonds. The summed E-state index contributed by atoms with van der Waals surface area (Å²) in [5.74, 6) is -1.13. The number of anilines is 1. The molecule has 0 heterocycles. The predicted octanol–water partition coefficient (Wildman–Crippen LogP) is 2.91. The molecule has 0 aliphatic carbocycles. The molecule has 96 valence electrons. The minimum absolute atomic E-state index is 0.144. The van der Waals surface area contributed by atoms with Gasteiger partial charge in [0.25, 0.3) is 0 Å². The highest BCUT2D eigenvalue weighted by molar-refractivity contribution is 5.95. The van der Waals surface area contributed by atoms with Crippen LogP contribution in [-0.4, -0.2) is 17.0 Å². The minimum Gasteiger partial charge on any atom is -0.478 e. The quantitative estimate of drug-likeness (QED) is 0.786. The number of aryl methyl sites for hydroxylation is 1. The molecule has 4 nitrogen and oxygen atoms in total. The van der Waals surface area contributed by atoms with Gasteiger partial charge in [-0.2, -0.15) is 0 Å². The molecule has 18 heavy (non-hydrogen) atoms. The number of allylic oxidation sites excluding steroid dienone is 1. The molecule has 0 atom stereocenters. The second-order valence-corrected chi connectivity index (χ2v) is 4.15. The molecule has 2 N–H and O–H groups in total. The first-order valence-electron chi connectivity index (χ1n) is 5.71. The summed E-state index contributed by atoms with van der Waals surface area (Å²) >= 11 is 0. The first-order valence-corrected chi connectivity index (χ1v) is 5.71. The Balaban J connectivity index is 2.94. The van der Waals surface area contributed by atoms with Gasteiger partial charge in [0, 0.05) is 12.1 Å². The van der Waals surface area contributed by atoms with E-state index in [1.54, 1.807) is 19.1 Å². The molecule has 0 fully saturated rings. The molecule has 0 saturated heterocycles. The highest BCUT2D eigenvalue weighted by Gasteiger charge is 2.11. The summed E-state index contributed by atoms with van der Waals surface area (Å²) in [6.07, 6.45) is 2.62. The standard InChI is InChI=1S/C14H17NO3/c1-4-5-6-13(16)15-11-7-9(2)10(3)12(8-11)14(17)18/h4,7-8H,1,5-6H2,2-3H3,(H,15,16)(H,17,18). The fraction of sp³-hybridized carbons (Fsp3) is 0.286. The lowest BCUT2D eigenvalue weighted by Gasteiger charge is -2.10. The topological polar surface area (TPSA) is 66.4 Å². The summed E-state index contributed by atoms with van der Waals surface area (Å²) < 4.78 is 0. The van der Waals surface area contributed by atoms with Crippen molar-refractivity contribution >= 4 is 17.6 Å². The van der Waals surface area contributed by atoms with Crippen LogP contribution in [0, 0.1) is 13.8 Å². The van der Waals surface area contributed by atoms with Gasteiger partial charge < -0.3 is 10.4 Å². The molecule has 1 aromatic rings. The van der Waals surface area contributed by atoms with E-state index in [0.717, 1.165) is 5.56 Å². The number of hydrogen-bond acceptors (Lipinski definition) is 2. The van der Waals surface area contributed by atoms with Gasteiger partial charge in [-0.15, -0.1) is 6.58 Å². The van der Waals surface area contributed by atoms with Crippen molar-refractivity contribution in [3.63, 3.8) is 0 Å². The van der Waals surface area contributed by atoms with Crippen LogP contribution in [0.3, 0.4) is 0 Å². The van der Waals surface area contributed by atoms with E-state index in [1.165, 1.54) is 6.07 Å². The molecule has 0 aliphatic heterocycles. The molecule has 4 heteroatoms. The summed E-state index contributed by atoms with van der Waals surface area (Å²) in [6, 6.07) is 3.25. The lowest BCUT2D eigenvalue weighted by Crippen LogP contribution is -2.12. The molecule has 0 spiro atoms. The summed E-state index contributed by atoms with van der Waals surface area (Å²) in [4.78, 5) is 22.6. The van der Waals surface area contributed by atoms with E-state index in [-0.39, 0.29) is 11.5 Å². The maximum atomic E-state index is 11.5. The van der Waals surface area contributed by atoms with Crippen molar-refractivity contribution in [2.75, 3.05) is 5.32 Å². The van der Waals surface area contributed by atoms with Gasteiger partial charge >= 0.3 is 5.97 Å². The molecular formula is C14H17NO3. The number of nitrogens with one attached hydrogen (secondary N) is 1. The number of benzene rings is 1. The summed E-state index contributed by atoms with van der Waals surface area (Å²) in [5.41, 5.74) is 2.29. The Morgan fingerprint density at radius 3 is 2.61 bits per heavy atom. The Bertz CT molecular complexity index is 492. The second-order valence-electron chi connectivity index (χ2n) is 4.15. The Hall–Kier alpha value is -2.10. The third-order valence-corrected chi connectivity index (χ3v) is 2.76. The van der Waals surface area contributed by atoms with Crippen molar-refractivity contribution in [1.82, 2.24) is 0 Å². The number of rotatable bonds is 5. The lowest BCUT2D eigenvalue weighted by atomic mass is 10.0. The predicted molar refractivity (Wildman–Crippen MR) is 70.9 cm³/mol. The van der Waals surface area contributed by atoms with Crippen LogP contribution in [0.1, 0.15) is 34.3 Å². The molecule has 1 rings (SSSR count). The molecule has 0 aromatic heterocycles. The van der Waals surface area contributed by atoms with Gasteiger partial charge in [0.05, 0.1) is 5.56 Å². The van der Waals surface area contributed by atoms with Crippen LogP contribution in [0.4, 0.5) is 5.69 Å². The van der Waals surface area contributed by atoms with Crippen molar-refractivity contribution in [2.45, 2.75) is 26.7 Å². The van der Waals surface area contributed by atoms with E-state index in [1.807, 2.05) is 6.92 Å². The SMILES string of the molecule is C=CCCC(=O)Nc1cc(C)c(C)c(C(=O)O)c1. The molecule has 0 radical (unpaired) electrons. The fourth-order valence-corrected chi connectivity index (χ4v) is 1.61. The van der Waals surface area contributed by atoms with Gasteiger partial charge in [0.15, 0.2) is 0 Å². The highest BCUT2D eigenvalue weighted by atomic mass is 16.4. The zero-order chi connectivity index (χ0) is 13.7. The number of hydrogen-bond donors (Lipinski definition) is 2. The van der Waals surface area contributed by atoms with Crippen molar-refractivity contribution < 1.29 is 14.7 Å². The summed E-state index contributed by atoms with van der Waals surface area (Å²) in [6.45, 7) is 7.12. The number of carboxylic acids is 1. The maximum absolute atomic E-state index is 11.5. The molecule has 0 bridgehead atoms. The van der Waals surface area contributed by atoms with Crippen LogP contribution >= 0.6 is 0 Å². The van der Waals surface area contributed by atoms with Crippen molar-refractivity contribution in [2.24, 2.45) is 0 Å². The van der Waals surface area contributed by atoms with Crippen molar-refractivity contribution in [3.8, 4) is 0 Å². The van der Waals surface area contributed by atoms with Gasteiger partial charge in [0.1, 0.15) is 0 Å². The van der Waals surface area contributed by atoms with E-state index >= 15 is 0 Å². The van der Waals surface area contributed by atoms with Gasteiger partial charge in [0.2, 0.25) is 5.91 Å². The van der Waals surface area contributed by atoms with Crippen LogP contribution < -0.4 is 5.32 Å². The zero-order valence-corrected chi connectivity index (χ0v) is 10.6. The first-order chi connectivity index (χ1) is 8.45. The average molecular weight is 247 g/mol. The number of amides is 1. The van der Waals surface area contributed by atoms with Crippen LogP contribution in [-0.2, 0) is 4.79 Å². The third kappa shape index (κ3) is 3.45. The molecular weight excluding hydrogens is 230 g/mol. The Labute approximate surface area is 106 Å². The first kappa shape index (κ1) is 14.0. The van der Waals surface area contributed by atoms with Crippen molar-refractivity contribution in [3.05, 3.63) is 41.5 Å². The zero-order valence-electron chi connectivity index (χ0n) is 10.6. The van der Waals surface area contributed by atoms with E-state index in [0.29, 0.717) is 24.1 Å². The van der Waals surface area contributed by atoms with E-state index < -0.39 is 5.97 Å². The van der Waals surface area contributed by atoms with Crippen LogP contribution in [0.2, 0.25) is 0 Å². The van der Waals surface area contributed by atoms with Crippen LogP contribution in [0.15, 0.2) is 24.8 Å². The molecule has 0 saturated carbocycles. The van der Waals surface area contributed by atoms with Crippen LogP contribution in [0.5, 0.6) is 0 Å². The monoisotopic (exact) mass is 247 g/mol. The number of carboxylic acid groups (broad SMARTS) is 1. The van der Waals surface area contributed by atoms with Crippen molar-refractivity contribution in [1.29, 1.82) is 0 Å². The maximum Gasteiger partial charge on any atom is 0.336 e. The Kier molecular flexibility index (Phi) is 4.66. The third-order valence-electron chi connectivity index (χ3n) is 2.76. The highest BCUT2D eigenvalue weighted by Crippen LogP contribution is 2.20.